The van der Waals surface area contributed by atoms with Crippen molar-refractivity contribution in [1.82, 2.24) is 10.2 Å². The predicted octanol–water partition coefficient (Wildman–Crippen LogP) is 5.22. The maximum absolute atomic E-state index is 13.0. The summed E-state index contributed by atoms with van der Waals surface area (Å²) in [5, 5.41) is 7.14. The van der Waals surface area contributed by atoms with Crippen LogP contribution in [0.4, 0.5) is 53.0 Å². The van der Waals surface area contributed by atoms with E-state index in [0.29, 0.717) is 44.9 Å². The molecule has 4 amide bonds. The van der Waals surface area contributed by atoms with Gasteiger partial charge in [-0.25, -0.2) is 9.59 Å². The first-order chi connectivity index (χ1) is 16.4. The zero-order chi connectivity index (χ0) is 25.8. The second-order valence-corrected chi connectivity index (χ2v) is 7.73. The standard InChI is InChI=1S/C22H23F6N5O2/c1-2-29-20(35)33-9-7-32(8-10-33)18-5-3-16(4-6-18)30-19(34)31-17-12-14(21(23,24)25)11-15(13-17)22(26,27)28/h3-6,11-13H,2,7-10H2,1H3,(H,29,35)(H2,30,31,34). The lowest BCUT2D eigenvalue weighted by molar-refractivity contribution is -0.143. The predicted molar refractivity (Wildman–Crippen MR) is 118 cm³/mol. The molecule has 35 heavy (non-hydrogen) atoms. The van der Waals surface area contributed by atoms with Gasteiger partial charge in [0.15, 0.2) is 0 Å². The lowest BCUT2D eigenvalue weighted by Crippen LogP contribution is -2.51. The van der Waals surface area contributed by atoms with E-state index >= 15 is 0 Å². The van der Waals surface area contributed by atoms with Crippen molar-refractivity contribution in [3.05, 3.63) is 53.6 Å². The Hall–Kier alpha value is -3.64. The fraction of sp³-hybridized carbons (Fsp3) is 0.364. The Balaban J connectivity index is 1.62. The minimum absolute atomic E-state index is 0.0160. The number of hydrogen-bond acceptors (Lipinski definition) is 3. The van der Waals surface area contributed by atoms with Gasteiger partial charge < -0.3 is 25.8 Å². The number of hydrogen-bond donors (Lipinski definition) is 3. The summed E-state index contributed by atoms with van der Waals surface area (Å²) in [6.07, 6.45) is -10.0. The van der Waals surface area contributed by atoms with E-state index in [1.807, 2.05) is 17.1 Å². The highest BCUT2D eigenvalue weighted by Crippen LogP contribution is 2.37. The highest BCUT2D eigenvalue weighted by atomic mass is 19.4. The number of urea groups is 2. The van der Waals surface area contributed by atoms with Gasteiger partial charge in [0.25, 0.3) is 0 Å². The number of carbonyl (C=O) groups excluding carboxylic acids is 2. The van der Waals surface area contributed by atoms with Crippen LogP contribution in [0.3, 0.4) is 0 Å². The van der Waals surface area contributed by atoms with E-state index in [4.69, 9.17) is 0 Å². The van der Waals surface area contributed by atoms with Crippen LogP contribution in [0, 0.1) is 0 Å². The van der Waals surface area contributed by atoms with Crippen molar-refractivity contribution >= 4 is 29.1 Å². The number of carbonyl (C=O) groups is 2. The van der Waals surface area contributed by atoms with Gasteiger partial charge in [-0.05, 0) is 49.4 Å². The maximum atomic E-state index is 13.0. The number of nitrogens with zero attached hydrogens (tertiary/aromatic N) is 2. The molecule has 0 spiro atoms. The average molecular weight is 503 g/mol. The molecule has 0 atom stereocenters. The third kappa shape index (κ3) is 6.93. The summed E-state index contributed by atoms with van der Waals surface area (Å²) in [4.78, 5) is 27.8. The summed E-state index contributed by atoms with van der Waals surface area (Å²) >= 11 is 0. The first-order valence-electron chi connectivity index (χ1n) is 10.6. The number of alkyl halides is 6. The summed E-state index contributed by atoms with van der Waals surface area (Å²) in [6.45, 7) is 4.64. The minimum atomic E-state index is -5.02. The molecule has 2 aromatic carbocycles. The average Bonchev–Trinajstić information content (AvgIpc) is 2.78. The van der Waals surface area contributed by atoms with Crippen LogP contribution in [-0.2, 0) is 12.4 Å². The Morgan fingerprint density at radius 1 is 0.800 bits per heavy atom. The van der Waals surface area contributed by atoms with Crippen molar-refractivity contribution in [2.75, 3.05) is 48.3 Å². The summed E-state index contributed by atoms with van der Waals surface area (Å²) < 4.78 is 77.9. The van der Waals surface area contributed by atoms with Gasteiger partial charge in [0.1, 0.15) is 0 Å². The molecule has 1 heterocycles. The Morgan fingerprint density at radius 2 is 1.31 bits per heavy atom. The van der Waals surface area contributed by atoms with Crippen LogP contribution in [0.25, 0.3) is 0 Å². The molecule has 2 aromatic rings. The molecule has 1 aliphatic rings. The van der Waals surface area contributed by atoms with E-state index in [0.717, 1.165) is 5.69 Å². The Morgan fingerprint density at radius 3 is 1.80 bits per heavy atom. The number of piperazine rings is 1. The number of halogens is 6. The van der Waals surface area contributed by atoms with Crippen molar-refractivity contribution < 1.29 is 35.9 Å². The van der Waals surface area contributed by atoms with Gasteiger partial charge in [-0.3, -0.25) is 0 Å². The second-order valence-electron chi connectivity index (χ2n) is 7.73. The van der Waals surface area contributed by atoms with Gasteiger partial charge in [0, 0.05) is 49.8 Å². The molecule has 1 aliphatic heterocycles. The lowest BCUT2D eigenvalue weighted by atomic mass is 10.1. The molecule has 0 aliphatic carbocycles. The number of rotatable bonds is 4. The smallest absolute Gasteiger partial charge is 0.368 e. The summed E-state index contributed by atoms with van der Waals surface area (Å²) in [5.74, 6) is 0. The summed E-state index contributed by atoms with van der Waals surface area (Å²) in [5.41, 5.74) is -2.58. The van der Waals surface area contributed by atoms with Crippen LogP contribution in [0.5, 0.6) is 0 Å². The molecule has 0 saturated carbocycles. The van der Waals surface area contributed by atoms with Gasteiger partial charge in [-0.2, -0.15) is 26.3 Å². The molecule has 190 valence electrons. The van der Waals surface area contributed by atoms with Crippen molar-refractivity contribution in [2.24, 2.45) is 0 Å². The topological polar surface area (TPSA) is 76.7 Å². The van der Waals surface area contributed by atoms with Crippen LogP contribution in [0.1, 0.15) is 18.1 Å². The van der Waals surface area contributed by atoms with Crippen molar-refractivity contribution in [1.29, 1.82) is 0 Å². The number of nitrogens with one attached hydrogen (secondary N) is 3. The molecule has 0 unspecified atom stereocenters. The summed E-state index contributed by atoms with van der Waals surface area (Å²) in [7, 11) is 0. The van der Waals surface area contributed by atoms with Crippen LogP contribution < -0.4 is 20.9 Å². The molecular weight excluding hydrogens is 480 g/mol. The van der Waals surface area contributed by atoms with E-state index in [-0.39, 0.29) is 17.8 Å². The molecule has 1 saturated heterocycles. The van der Waals surface area contributed by atoms with Gasteiger partial charge in [0.05, 0.1) is 11.1 Å². The zero-order valence-electron chi connectivity index (χ0n) is 18.6. The first-order valence-corrected chi connectivity index (χ1v) is 10.6. The van der Waals surface area contributed by atoms with Gasteiger partial charge in [0.2, 0.25) is 0 Å². The normalized spacial score (nSPS) is 14.5. The lowest BCUT2D eigenvalue weighted by Gasteiger charge is -2.36. The molecule has 1 fully saturated rings. The fourth-order valence-corrected chi connectivity index (χ4v) is 3.51. The second kappa shape index (κ2) is 10.3. The summed E-state index contributed by atoms with van der Waals surface area (Å²) in [6, 6.07) is 6.25. The molecule has 7 nitrogen and oxygen atoms in total. The van der Waals surface area contributed by atoms with Crippen molar-refractivity contribution in [2.45, 2.75) is 19.3 Å². The third-order valence-corrected chi connectivity index (χ3v) is 5.23. The Labute approximate surface area is 197 Å². The molecule has 13 heteroatoms. The molecule has 3 N–H and O–H groups in total. The van der Waals surface area contributed by atoms with E-state index < -0.39 is 35.2 Å². The largest absolute Gasteiger partial charge is 0.416 e. The van der Waals surface area contributed by atoms with E-state index in [1.165, 1.54) is 0 Å². The molecular formula is C22H23F6N5O2. The molecule has 0 bridgehead atoms. The van der Waals surface area contributed by atoms with E-state index in [9.17, 15) is 35.9 Å². The van der Waals surface area contributed by atoms with Crippen molar-refractivity contribution in [3.8, 4) is 0 Å². The SMILES string of the molecule is CCNC(=O)N1CCN(c2ccc(NC(=O)Nc3cc(C(F)(F)F)cc(C(F)(F)F)c3)cc2)CC1. The number of amides is 4. The maximum Gasteiger partial charge on any atom is 0.416 e. The molecule has 0 radical (unpaired) electrons. The van der Waals surface area contributed by atoms with Crippen LogP contribution in [-0.4, -0.2) is 49.7 Å². The zero-order valence-corrected chi connectivity index (χ0v) is 18.6. The fourth-order valence-electron chi connectivity index (χ4n) is 3.51. The molecule has 0 aromatic heterocycles. The molecule has 3 rings (SSSR count). The van der Waals surface area contributed by atoms with E-state index in [2.05, 4.69) is 10.6 Å². The Kier molecular flexibility index (Phi) is 7.66. The van der Waals surface area contributed by atoms with Crippen LogP contribution in [0.2, 0.25) is 0 Å². The monoisotopic (exact) mass is 503 g/mol. The third-order valence-electron chi connectivity index (χ3n) is 5.23. The van der Waals surface area contributed by atoms with Gasteiger partial charge in [-0.15, -0.1) is 0 Å². The minimum Gasteiger partial charge on any atom is -0.368 e. The van der Waals surface area contributed by atoms with Crippen LogP contribution in [0.15, 0.2) is 42.5 Å². The van der Waals surface area contributed by atoms with Gasteiger partial charge >= 0.3 is 24.4 Å². The number of anilines is 3. The first kappa shape index (κ1) is 26.0. The Bertz CT molecular complexity index is 1020. The van der Waals surface area contributed by atoms with E-state index in [1.54, 1.807) is 29.2 Å². The van der Waals surface area contributed by atoms with Gasteiger partial charge in [-0.1, -0.05) is 0 Å². The number of benzene rings is 2. The highest BCUT2D eigenvalue weighted by Gasteiger charge is 2.37. The van der Waals surface area contributed by atoms with Crippen molar-refractivity contribution in [3.63, 3.8) is 0 Å². The quantitative estimate of drug-likeness (QED) is 0.501. The highest BCUT2D eigenvalue weighted by molar-refractivity contribution is 6.00. The van der Waals surface area contributed by atoms with Crippen LogP contribution >= 0.6 is 0 Å².